The van der Waals surface area contributed by atoms with E-state index in [2.05, 4.69) is 32.8 Å². The average molecular weight is 375 g/mol. The number of aliphatic hydroxyl groups excluding tert-OH is 1. The summed E-state index contributed by atoms with van der Waals surface area (Å²) < 4.78 is 0. The highest BCUT2D eigenvalue weighted by molar-refractivity contribution is 7.19. The minimum atomic E-state index is -0.360. The molecule has 27 heavy (non-hydrogen) atoms. The van der Waals surface area contributed by atoms with Crippen LogP contribution in [0.15, 0.2) is 60.7 Å². The van der Waals surface area contributed by atoms with Gasteiger partial charge in [0.15, 0.2) is 0 Å². The molecule has 1 aliphatic carbocycles. The number of anilines is 1. The van der Waals surface area contributed by atoms with E-state index in [9.17, 15) is 9.90 Å². The van der Waals surface area contributed by atoms with Crippen molar-refractivity contribution in [3.63, 3.8) is 0 Å². The third-order valence-electron chi connectivity index (χ3n) is 5.11. The van der Waals surface area contributed by atoms with Crippen LogP contribution in [-0.4, -0.2) is 11.0 Å². The molecule has 0 heterocycles. The van der Waals surface area contributed by atoms with Crippen LogP contribution in [0.3, 0.4) is 0 Å². The van der Waals surface area contributed by atoms with Crippen molar-refractivity contribution in [1.29, 1.82) is 0 Å². The number of aliphatic hydroxyl groups is 1. The number of carbonyl (C=O) groups excluding carboxylic acids is 1. The molecular formula is C23H22NO2P. The summed E-state index contributed by atoms with van der Waals surface area (Å²) >= 11 is 0. The fraction of sp³-hybridized carbons (Fsp3) is 0.174. The van der Waals surface area contributed by atoms with Gasteiger partial charge >= 0.3 is 0 Å². The summed E-state index contributed by atoms with van der Waals surface area (Å²) in [6.45, 7) is -0.120. The lowest BCUT2D eigenvalue weighted by atomic mass is 9.91. The molecule has 3 aromatic carbocycles. The number of amides is 1. The van der Waals surface area contributed by atoms with Gasteiger partial charge in [-0.05, 0) is 52.4 Å². The second-order valence-corrected chi connectivity index (χ2v) is 7.51. The summed E-state index contributed by atoms with van der Waals surface area (Å²) in [6.07, 6.45) is 6.33. The first-order valence-corrected chi connectivity index (χ1v) is 9.81. The van der Waals surface area contributed by atoms with Crippen LogP contribution in [0, 0.1) is 0 Å². The molecule has 2 atom stereocenters. The topological polar surface area (TPSA) is 49.3 Å². The fourth-order valence-corrected chi connectivity index (χ4v) is 4.03. The summed E-state index contributed by atoms with van der Waals surface area (Å²) in [6, 6.07) is 18.0. The third kappa shape index (κ3) is 3.53. The van der Waals surface area contributed by atoms with Gasteiger partial charge in [0.1, 0.15) is 0 Å². The van der Waals surface area contributed by atoms with E-state index in [-0.39, 0.29) is 18.2 Å². The number of fused-ring (bicyclic) bond motifs is 2. The fourth-order valence-electron chi connectivity index (χ4n) is 3.65. The Labute approximate surface area is 161 Å². The molecule has 0 fully saturated rings. The van der Waals surface area contributed by atoms with Gasteiger partial charge in [0.25, 0.3) is 0 Å². The van der Waals surface area contributed by atoms with Gasteiger partial charge in [-0.3, -0.25) is 4.79 Å². The maximum Gasteiger partial charge on any atom is 0.235 e. The Kier molecular flexibility index (Phi) is 5.07. The zero-order chi connectivity index (χ0) is 18.8. The number of benzene rings is 3. The molecule has 3 aromatic rings. The van der Waals surface area contributed by atoms with Gasteiger partial charge in [-0.15, -0.1) is 9.24 Å². The highest BCUT2D eigenvalue weighted by atomic mass is 31.0. The molecule has 0 bridgehead atoms. The van der Waals surface area contributed by atoms with E-state index in [1.807, 2.05) is 48.5 Å². The second-order valence-electron chi connectivity index (χ2n) is 6.84. The summed E-state index contributed by atoms with van der Waals surface area (Å²) in [7, 11) is 2.67. The van der Waals surface area contributed by atoms with E-state index in [1.165, 1.54) is 5.56 Å². The highest BCUT2D eigenvalue weighted by Gasteiger charge is 2.21. The molecule has 0 saturated heterocycles. The van der Waals surface area contributed by atoms with Crippen molar-refractivity contribution >= 4 is 37.7 Å². The maximum atomic E-state index is 13.0. The van der Waals surface area contributed by atoms with E-state index in [1.54, 1.807) is 0 Å². The van der Waals surface area contributed by atoms with Gasteiger partial charge in [0.2, 0.25) is 5.91 Å². The van der Waals surface area contributed by atoms with E-state index in [4.69, 9.17) is 0 Å². The standard InChI is InChI=1S/C23H22NO2P/c25-14-18-12-16-7-1-2-8-17(16)13-21(18)24-23(26)22(27)20-11-5-9-15-6-3-4-10-19(15)20/h1-2,4-5,7-13,22,25H,3,6,14,27H2,(H,24,26). The predicted octanol–water partition coefficient (Wildman–Crippen LogP) is 4.85. The third-order valence-corrected chi connectivity index (χ3v) is 5.77. The lowest BCUT2D eigenvalue weighted by molar-refractivity contribution is -0.115. The number of nitrogens with one attached hydrogen (secondary N) is 1. The molecule has 0 aromatic heterocycles. The number of allylic oxidation sites excluding steroid dienone is 1. The lowest BCUT2D eigenvalue weighted by Crippen LogP contribution is -2.19. The van der Waals surface area contributed by atoms with Gasteiger partial charge in [0, 0.05) is 11.3 Å². The van der Waals surface area contributed by atoms with Gasteiger partial charge in [-0.2, -0.15) is 0 Å². The van der Waals surface area contributed by atoms with Crippen molar-refractivity contribution in [3.8, 4) is 0 Å². The number of hydrogen-bond donors (Lipinski definition) is 2. The number of carbonyl (C=O) groups is 1. The molecule has 4 rings (SSSR count). The second kappa shape index (κ2) is 7.64. The van der Waals surface area contributed by atoms with Crippen LogP contribution in [-0.2, 0) is 17.8 Å². The normalized spacial score (nSPS) is 14.0. The first-order valence-electron chi connectivity index (χ1n) is 9.14. The summed E-state index contributed by atoms with van der Waals surface area (Å²) in [5, 5.41) is 14.8. The Hall–Kier alpha value is -2.48. The smallest absolute Gasteiger partial charge is 0.235 e. The van der Waals surface area contributed by atoms with Crippen LogP contribution in [0.4, 0.5) is 5.69 Å². The molecule has 4 heteroatoms. The molecule has 3 nitrogen and oxygen atoms in total. The monoisotopic (exact) mass is 375 g/mol. The van der Waals surface area contributed by atoms with Gasteiger partial charge in [0.05, 0.1) is 12.3 Å². The van der Waals surface area contributed by atoms with Crippen LogP contribution < -0.4 is 5.32 Å². The zero-order valence-corrected chi connectivity index (χ0v) is 16.1. The number of rotatable bonds is 4. The SMILES string of the molecule is O=C(Nc1cc2ccccc2cc1CO)C(P)c1cccc2c1C=CCC2. The van der Waals surface area contributed by atoms with Crippen molar-refractivity contribution < 1.29 is 9.90 Å². The Morgan fingerprint density at radius 2 is 1.89 bits per heavy atom. The van der Waals surface area contributed by atoms with Crippen molar-refractivity contribution in [2.24, 2.45) is 0 Å². The van der Waals surface area contributed by atoms with Crippen molar-refractivity contribution in [2.75, 3.05) is 5.32 Å². The average Bonchev–Trinajstić information content (AvgIpc) is 2.72. The maximum absolute atomic E-state index is 13.0. The molecular weight excluding hydrogens is 353 g/mol. The predicted molar refractivity (Wildman–Crippen MR) is 115 cm³/mol. The van der Waals surface area contributed by atoms with E-state index in [0.717, 1.165) is 34.7 Å². The van der Waals surface area contributed by atoms with Crippen LogP contribution >= 0.6 is 9.24 Å². The molecule has 1 amide bonds. The van der Waals surface area contributed by atoms with Crippen molar-refractivity contribution in [3.05, 3.63) is 82.9 Å². The van der Waals surface area contributed by atoms with E-state index < -0.39 is 0 Å². The largest absolute Gasteiger partial charge is 0.392 e. The van der Waals surface area contributed by atoms with Gasteiger partial charge in [-0.1, -0.05) is 54.6 Å². The summed E-state index contributed by atoms with van der Waals surface area (Å²) in [5.74, 6) is -0.0997. The molecule has 0 saturated carbocycles. The Bertz CT molecular complexity index is 1040. The molecule has 136 valence electrons. The minimum Gasteiger partial charge on any atom is -0.392 e. The van der Waals surface area contributed by atoms with E-state index >= 15 is 0 Å². The number of aryl methyl sites for hydroxylation is 1. The van der Waals surface area contributed by atoms with Crippen LogP contribution in [0.25, 0.3) is 16.8 Å². The quantitative estimate of drug-likeness (QED) is 0.641. The first-order chi connectivity index (χ1) is 13.2. The minimum absolute atomic E-state index is 0.0997. The van der Waals surface area contributed by atoms with Crippen LogP contribution in [0.2, 0.25) is 0 Å². The zero-order valence-electron chi connectivity index (χ0n) is 15.0. The Morgan fingerprint density at radius 3 is 2.67 bits per heavy atom. The molecule has 0 aliphatic heterocycles. The van der Waals surface area contributed by atoms with Crippen molar-refractivity contribution in [1.82, 2.24) is 0 Å². The molecule has 2 unspecified atom stereocenters. The molecule has 0 radical (unpaired) electrons. The first kappa shape index (κ1) is 17.9. The molecule has 1 aliphatic rings. The van der Waals surface area contributed by atoms with Crippen molar-refractivity contribution in [2.45, 2.75) is 25.1 Å². The Balaban J connectivity index is 1.65. The number of hydrogen-bond acceptors (Lipinski definition) is 2. The lowest BCUT2D eigenvalue weighted by Gasteiger charge is -2.20. The molecule has 2 N–H and O–H groups in total. The Morgan fingerprint density at radius 1 is 1.11 bits per heavy atom. The summed E-state index contributed by atoms with van der Waals surface area (Å²) in [5.41, 5.74) is 4.47. The van der Waals surface area contributed by atoms with Crippen LogP contribution in [0.5, 0.6) is 0 Å². The van der Waals surface area contributed by atoms with Gasteiger partial charge < -0.3 is 10.4 Å². The molecule has 0 spiro atoms. The van der Waals surface area contributed by atoms with Gasteiger partial charge in [-0.25, -0.2) is 0 Å². The summed E-state index contributed by atoms with van der Waals surface area (Å²) in [4.78, 5) is 13.0. The highest BCUT2D eigenvalue weighted by Crippen LogP contribution is 2.33. The van der Waals surface area contributed by atoms with E-state index in [0.29, 0.717) is 11.3 Å². The van der Waals surface area contributed by atoms with Crippen LogP contribution in [0.1, 0.15) is 34.3 Å².